The van der Waals surface area contributed by atoms with Gasteiger partial charge < -0.3 is 14.0 Å². The number of aryl methyl sites for hydroxylation is 1. The lowest BCUT2D eigenvalue weighted by Gasteiger charge is -2.10. The van der Waals surface area contributed by atoms with Crippen LogP contribution < -0.4 is 0 Å². The average Bonchev–Trinajstić information content (AvgIpc) is 2.80. The highest BCUT2D eigenvalue weighted by Gasteiger charge is 2.14. The molecule has 2 aromatic rings. The van der Waals surface area contributed by atoms with E-state index in [0.717, 1.165) is 34.3 Å². The molecule has 0 aliphatic carbocycles. The van der Waals surface area contributed by atoms with Crippen molar-refractivity contribution < 1.29 is 9.47 Å². The molecular weight excluding hydrogens is 356 g/mol. The van der Waals surface area contributed by atoms with Crippen molar-refractivity contribution in [1.29, 1.82) is 0 Å². The van der Waals surface area contributed by atoms with E-state index in [1.165, 1.54) is 0 Å². The lowest BCUT2D eigenvalue weighted by molar-refractivity contribution is 0.0680. The second kappa shape index (κ2) is 8.13. The molecule has 0 fully saturated rings. The van der Waals surface area contributed by atoms with Gasteiger partial charge in [-0.15, -0.1) is 11.6 Å². The van der Waals surface area contributed by atoms with Crippen molar-refractivity contribution in [3.8, 4) is 0 Å². The molecule has 1 unspecified atom stereocenters. The summed E-state index contributed by atoms with van der Waals surface area (Å²) in [5.74, 6) is 0.904. The summed E-state index contributed by atoms with van der Waals surface area (Å²) in [4.78, 5) is 4.64. The van der Waals surface area contributed by atoms with Gasteiger partial charge in [0.15, 0.2) is 0 Å². The fraction of sp³-hybridized carbons (Fsp3) is 0.533. The maximum absolute atomic E-state index is 6.26. The number of halogens is 2. The van der Waals surface area contributed by atoms with E-state index in [9.17, 15) is 0 Å². The summed E-state index contributed by atoms with van der Waals surface area (Å²) < 4.78 is 13.7. The van der Waals surface area contributed by atoms with E-state index in [1.54, 1.807) is 7.11 Å². The Kier molecular flexibility index (Phi) is 6.48. The van der Waals surface area contributed by atoms with Gasteiger partial charge in [-0.1, -0.05) is 15.9 Å². The minimum atomic E-state index is -0.120. The van der Waals surface area contributed by atoms with E-state index < -0.39 is 0 Å². The molecule has 0 aliphatic rings. The van der Waals surface area contributed by atoms with Crippen LogP contribution in [0.1, 0.15) is 24.5 Å². The van der Waals surface area contributed by atoms with Gasteiger partial charge in [-0.2, -0.15) is 0 Å². The van der Waals surface area contributed by atoms with Gasteiger partial charge in [-0.3, -0.25) is 0 Å². The topological polar surface area (TPSA) is 36.3 Å². The molecule has 21 heavy (non-hydrogen) atoms. The molecule has 0 bridgehead atoms. The Balaban J connectivity index is 2.08. The minimum Gasteiger partial charge on any atom is -0.382 e. The zero-order chi connectivity index (χ0) is 15.2. The molecule has 1 heterocycles. The Morgan fingerprint density at radius 3 is 2.86 bits per heavy atom. The summed E-state index contributed by atoms with van der Waals surface area (Å²) in [7, 11) is 1.67. The molecule has 0 radical (unpaired) electrons. The highest BCUT2D eigenvalue weighted by Crippen LogP contribution is 2.26. The summed E-state index contributed by atoms with van der Waals surface area (Å²) in [6.45, 7) is 4.76. The van der Waals surface area contributed by atoms with Crippen molar-refractivity contribution >= 4 is 38.6 Å². The molecule has 0 N–H and O–H groups in total. The standard InChI is InChI=1S/C15H20BrClN2O2/c1-11(17)15-18-13-10-12(16)4-5-14(13)19(15)6-3-7-21-9-8-20-2/h4-5,10-11H,3,6-9H2,1-2H3. The van der Waals surface area contributed by atoms with E-state index >= 15 is 0 Å². The van der Waals surface area contributed by atoms with Gasteiger partial charge in [0, 0.05) is 24.7 Å². The SMILES string of the molecule is COCCOCCCn1c(C(C)Cl)nc2cc(Br)ccc21. The summed E-state index contributed by atoms with van der Waals surface area (Å²) >= 11 is 9.74. The van der Waals surface area contributed by atoms with E-state index in [1.807, 2.05) is 19.1 Å². The van der Waals surface area contributed by atoms with Gasteiger partial charge in [0.1, 0.15) is 5.82 Å². The Morgan fingerprint density at radius 2 is 2.14 bits per heavy atom. The molecule has 0 amide bonds. The number of imidazole rings is 1. The molecule has 0 spiro atoms. The largest absolute Gasteiger partial charge is 0.382 e. The maximum atomic E-state index is 6.26. The number of alkyl halides is 1. The van der Waals surface area contributed by atoms with Crippen molar-refractivity contribution in [3.63, 3.8) is 0 Å². The Morgan fingerprint density at radius 1 is 1.33 bits per heavy atom. The number of ether oxygens (including phenoxy) is 2. The molecule has 0 saturated carbocycles. The van der Waals surface area contributed by atoms with Crippen molar-refractivity contribution in [3.05, 3.63) is 28.5 Å². The second-order valence-corrected chi connectivity index (χ2v) is 6.40. The number of hydrogen-bond donors (Lipinski definition) is 0. The van der Waals surface area contributed by atoms with Crippen molar-refractivity contribution in [2.75, 3.05) is 26.9 Å². The third kappa shape index (κ3) is 4.42. The van der Waals surface area contributed by atoms with E-state index in [-0.39, 0.29) is 5.38 Å². The normalized spacial score (nSPS) is 13.0. The summed E-state index contributed by atoms with van der Waals surface area (Å²) in [6, 6.07) is 6.11. The molecule has 2 rings (SSSR count). The summed E-state index contributed by atoms with van der Waals surface area (Å²) in [5.41, 5.74) is 2.07. The van der Waals surface area contributed by atoms with Crippen LogP contribution in [0.5, 0.6) is 0 Å². The van der Waals surface area contributed by atoms with Crippen molar-refractivity contribution in [1.82, 2.24) is 9.55 Å². The zero-order valence-corrected chi connectivity index (χ0v) is 14.7. The predicted octanol–water partition coefficient (Wildman–Crippen LogP) is 4.15. The van der Waals surface area contributed by atoms with Crippen LogP contribution in [-0.4, -0.2) is 36.5 Å². The van der Waals surface area contributed by atoms with Crippen molar-refractivity contribution in [2.45, 2.75) is 25.3 Å². The number of benzene rings is 1. The molecule has 4 nitrogen and oxygen atoms in total. The third-order valence-corrected chi connectivity index (χ3v) is 3.89. The van der Waals surface area contributed by atoms with E-state index in [4.69, 9.17) is 21.1 Å². The molecule has 6 heteroatoms. The fourth-order valence-corrected chi connectivity index (χ4v) is 2.74. The molecule has 116 valence electrons. The van der Waals surface area contributed by atoms with Gasteiger partial charge in [-0.05, 0) is 31.5 Å². The van der Waals surface area contributed by atoms with E-state index in [2.05, 4.69) is 31.5 Å². The second-order valence-electron chi connectivity index (χ2n) is 4.83. The Labute approximate surface area is 138 Å². The summed E-state index contributed by atoms with van der Waals surface area (Å²) in [6.07, 6.45) is 0.918. The molecule has 0 aliphatic heterocycles. The highest BCUT2D eigenvalue weighted by molar-refractivity contribution is 9.10. The first-order chi connectivity index (χ1) is 10.1. The number of hydrogen-bond acceptors (Lipinski definition) is 3. The van der Waals surface area contributed by atoms with Gasteiger partial charge in [-0.25, -0.2) is 4.98 Å². The van der Waals surface area contributed by atoms with Crippen LogP contribution in [0.15, 0.2) is 22.7 Å². The quantitative estimate of drug-likeness (QED) is 0.513. The first kappa shape index (κ1) is 16.7. The summed E-state index contributed by atoms with van der Waals surface area (Å²) in [5, 5.41) is -0.120. The molecule has 1 atom stereocenters. The number of aromatic nitrogens is 2. The Bertz CT molecular complexity index is 586. The van der Waals surface area contributed by atoms with Gasteiger partial charge in [0.25, 0.3) is 0 Å². The monoisotopic (exact) mass is 374 g/mol. The number of methoxy groups -OCH3 is 1. The lowest BCUT2D eigenvalue weighted by atomic mass is 10.3. The van der Waals surface area contributed by atoms with Crippen LogP contribution >= 0.6 is 27.5 Å². The van der Waals surface area contributed by atoms with Crippen LogP contribution in [0, 0.1) is 0 Å². The van der Waals surface area contributed by atoms with Crippen LogP contribution in [-0.2, 0) is 16.0 Å². The highest BCUT2D eigenvalue weighted by atomic mass is 79.9. The third-order valence-electron chi connectivity index (χ3n) is 3.20. The van der Waals surface area contributed by atoms with Gasteiger partial charge in [0.05, 0.1) is 29.6 Å². The lowest BCUT2D eigenvalue weighted by Crippen LogP contribution is -2.09. The molecular formula is C15H20BrClN2O2. The van der Waals surface area contributed by atoms with Crippen LogP contribution in [0.2, 0.25) is 0 Å². The maximum Gasteiger partial charge on any atom is 0.127 e. The first-order valence-electron chi connectivity index (χ1n) is 7.00. The van der Waals surface area contributed by atoms with Crippen LogP contribution in [0.25, 0.3) is 11.0 Å². The number of fused-ring (bicyclic) bond motifs is 1. The van der Waals surface area contributed by atoms with E-state index in [0.29, 0.717) is 19.8 Å². The fourth-order valence-electron chi connectivity index (χ4n) is 2.23. The number of nitrogens with zero attached hydrogens (tertiary/aromatic N) is 2. The first-order valence-corrected chi connectivity index (χ1v) is 8.23. The predicted molar refractivity (Wildman–Crippen MR) is 89.0 cm³/mol. The number of rotatable bonds is 8. The average molecular weight is 376 g/mol. The zero-order valence-electron chi connectivity index (χ0n) is 12.3. The van der Waals surface area contributed by atoms with Crippen molar-refractivity contribution in [2.24, 2.45) is 0 Å². The van der Waals surface area contributed by atoms with Crippen LogP contribution in [0.3, 0.4) is 0 Å². The molecule has 1 aromatic carbocycles. The Hall–Kier alpha value is -0.620. The smallest absolute Gasteiger partial charge is 0.127 e. The minimum absolute atomic E-state index is 0.120. The molecule has 1 aromatic heterocycles. The van der Waals surface area contributed by atoms with Gasteiger partial charge in [0.2, 0.25) is 0 Å². The molecule has 0 saturated heterocycles. The van der Waals surface area contributed by atoms with Crippen LogP contribution in [0.4, 0.5) is 0 Å². The van der Waals surface area contributed by atoms with Gasteiger partial charge >= 0.3 is 0 Å².